The summed E-state index contributed by atoms with van der Waals surface area (Å²) in [5, 5.41) is 36.3. The standard InChI is InChI=1S/C35H49N3O11/c1-19-15-24-30(37-13-14-48-29(41)12-11-23(5)39)26(40)18-25(32(24)43)38-34(44)20(2)9-8-10-27(46-6)33(49-35(36)45)22(4)17-21(3)31(42)28(16-19)47-7/h8-10,13,17-19,21,27-28,31,33,40,42-43H,11-12,14-16H2,1-7H3,(H2,36,45)(H,38,44). The van der Waals surface area contributed by atoms with Crippen molar-refractivity contribution in [3.63, 3.8) is 0 Å². The Labute approximate surface area is 286 Å². The van der Waals surface area contributed by atoms with E-state index in [2.05, 4.69) is 10.3 Å². The van der Waals surface area contributed by atoms with Gasteiger partial charge in [0.05, 0.1) is 24.3 Å². The van der Waals surface area contributed by atoms with E-state index in [0.29, 0.717) is 12.0 Å². The number of phenolic OH excluding ortho intramolecular Hbond substituents is 2. The fourth-order valence-electron chi connectivity index (χ4n) is 5.35. The van der Waals surface area contributed by atoms with Gasteiger partial charge in [0, 0.05) is 50.0 Å². The summed E-state index contributed by atoms with van der Waals surface area (Å²) >= 11 is 0. The van der Waals surface area contributed by atoms with Gasteiger partial charge in [0.15, 0.2) is 6.10 Å². The third-order valence-electron chi connectivity index (χ3n) is 8.02. The molecule has 0 aliphatic carbocycles. The number of primary amides is 1. The molecule has 1 aliphatic rings. The van der Waals surface area contributed by atoms with E-state index >= 15 is 0 Å². The molecule has 1 aromatic rings. The largest absolute Gasteiger partial charge is 0.506 e. The zero-order valence-corrected chi connectivity index (χ0v) is 29.1. The summed E-state index contributed by atoms with van der Waals surface area (Å²) in [6.07, 6.45) is 3.53. The number of fused-ring (bicyclic) bond motifs is 2. The number of carbonyl (C=O) groups excluding carboxylic acids is 4. The highest BCUT2D eigenvalue weighted by Crippen LogP contribution is 2.44. The number of hydrogen-bond donors (Lipinski definition) is 5. The topological polar surface area (TPSA) is 216 Å². The summed E-state index contributed by atoms with van der Waals surface area (Å²) in [6, 6.07) is 1.16. The van der Waals surface area contributed by atoms with Crippen LogP contribution in [0.15, 0.2) is 46.5 Å². The average Bonchev–Trinajstić information content (AvgIpc) is 3.04. The molecule has 2 rings (SSSR count). The molecule has 14 heteroatoms. The number of aromatic hydroxyl groups is 2. The first kappa shape index (κ1) is 40.6. The quantitative estimate of drug-likeness (QED) is 0.0816. The van der Waals surface area contributed by atoms with E-state index in [1.807, 2.05) is 6.92 Å². The molecule has 2 bridgehead atoms. The number of aliphatic hydroxyl groups is 1. The number of benzene rings is 1. The molecule has 1 aliphatic heterocycles. The Morgan fingerprint density at radius 3 is 2.43 bits per heavy atom. The number of aliphatic imine (C=N–C) groups is 1. The van der Waals surface area contributed by atoms with Crippen molar-refractivity contribution in [2.24, 2.45) is 22.6 Å². The molecule has 0 aromatic heterocycles. The van der Waals surface area contributed by atoms with Crippen LogP contribution in [0.25, 0.3) is 0 Å². The van der Waals surface area contributed by atoms with Crippen molar-refractivity contribution in [2.45, 2.75) is 84.7 Å². The number of ether oxygens (including phenoxy) is 4. The summed E-state index contributed by atoms with van der Waals surface area (Å²) in [4.78, 5) is 52.2. The smallest absolute Gasteiger partial charge is 0.405 e. The molecule has 1 aromatic carbocycles. The lowest BCUT2D eigenvalue weighted by Gasteiger charge is -2.29. The predicted octanol–water partition coefficient (Wildman–Crippen LogP) is 4.17. The number of hydrogen-bond acceptors (Lipinski definition) is 12. The number of nitrogens with two attached hydrogens (primary N) is 1. The van der Waals surface area contributed by atoms with Crippen LogP contribution < -0.4 is 11.1 Å². The Hall–Kier alpha value is -4.53. The molecular weight excluding hydrogens is 638 g/mol. The Balaban J connectivity index is 2.60. The molecular formula is C35H49N3O11. The second-order valence-electron chi connectivity index (χ2n) is 12.1. The SMILES string of the molecule is COC1C=CC=C(C)C(=O)Nc2cc(O)c(N=CCOC(=O)CCC(C)=O)c(c2O)CC(C)CC(OC)C(O)C(C)C=C(C)C1OC(N)=O. The van der Waals surface area contributed by atoms with Gasteiger partial charge < -0.3 is 50.1 Å². The normalized spacial score (nSPS) is 24.1. The van der Waals surface area contributed by atoms with Crippen LogP contribution >= 0.6 is 0 Å². The van der Waals surface area contributed by atoms with Crippen LogP contribution in [0.2, 0.25) is 0 Å². The molecule has 0 radical (unpaired) electrons. The summed E-state index contributed by atoms with van der Waals surface area (Å²) in [6.45, 7) is 8.02. The van der Waals surface area contributed by atoms with Crippen LogP contribution in [0.5, 0.6) is 11.5 Å². The monoisotopic (exact) mass is 687 g/mol. The molecule has 2 amide bonds. The van der Waals surface area contributed by atoms with Crippen molar-refractivity contribution < 1.29 is 53.4 Å². The van der Waals surface area contributed by atoms with Crippen molar-refractivity contribution in [3.8, 4) is 11.5 Å². The Kier molecular flexibility index (Phi) is 16.1. The number of phenols is 2. The molecule has 14 nitrogen and oxygen atoms in total. The maximum Gasteiger partial charge on any atom is 0.405 e. The minimum atomic E-state index is -1.02. The van der Waals surface area contributed by atoms with Gasteiger partial charge in [-0.15, -0.1) is 0 Å². The van der Waals surface area contributed by atoms with Gasteiger partial charge >= 0.3 is 12.1 Å². The number of esters is 1. The van der Waals surface area contributed by atoms with Crippen molar-refractivity contribution in [1.82, 2.24) is 0 Å². The molecule has 0 saturated carbocycles. The number of aliphatic hydroxyl groups excluding tert-OH is 1. The first-order valence-corrected chi connectivity index (χ1v) is 15.9. The summed E-state index contributed by atoms with van der Waals surface area (Å²) < 4.78 is 21.7. The molecule has 0 fully saturated rings. The number of rotatable bonds is 9. The van der Waals surface area contributed by atoms with Gasteiger partial charge in [-0.1, -0.05) is 38.2 Å². The van der Waals surface area contributed by atoms with Crippen LogP contribution in [0.4, 0.5) is 16.2 Å². The summed E-state index contributed by atoms with van der Waals surface area (Å²) in [7, 11) is 2.88. The van der Waals surface area contributed by atoms with Crippen molar-refractivity contribution in [1.29, 1.82) is 0 Å². The molecule has 270 valence electrons. The summed E-state index contributed by atoms with van der Waals surface area (Å²) in [5.74, 6) is -2.78. The number of carbonyl (C=O) groups is 4. The van der Waals surface area contributed by atoms with Crippen molar-refractivity contribution in [3.05, 3.63) is 47.1 Å². The number of amides is 2. The van der Waals surface area contributed by atoms with E-state index in [9.17, 15) is 34.5 Å². The van der Waals surface area contributed by atoms with E-state index in [4.69, 9.17) is 24.7 Å². The van der Waals surface area contributed by atoms with Gasteiger partial charge in [-0.05, 0) is 45.1 Å². The number of allylic oxidation sites excluding steroid dienone is 2. The van der Waals surface area contributed by atoms with E-state index in [0.717, 1.165) is 6.07 Å². The van der Waals surface area contributed by atoms with Crippen molar-refractivity contribution in [2.75, 3.05) is 26.1 Å². The minimum absolute atomic E-state index is 0.00392. The molecule has 0 saturated heterocycles. The van der Waals surface area contributed by atoms with Gasteiger partial charge in [0.2, 0.25) is 0 Å². The average molecular weight is 688 g/mol. The molecule has 6 unspecified atom stereocenters. The number of nitrogens with one attached hydrogen (secondary N) is 1. The summed E-state index contributed by atoms with van der Waals surface area (Å²) in [5.41, 5.74) is 6.27. The van der Waals surface area contributed by atoms with Gasteiger partial charge in [-0.2, -0.15) is 0 Å². The second kappa shape index (κ2) is 19.5. The van der Waals surface area contributed by atoms with Gasteiger partial charge in [0.25, 0.3) is 5.91 Å². The number of Topliss-reactive ketones (excluding diaryl/α,β-unsaturated/α-hetero) is 1. The number of methoxy groups -OCH3 is 2. The molecule has 49 heavy (non-hydrogen) atoms. The molecule has 6 atom stereocenters. The van der Waals surface area contributed by atoms with Crippen LogP contribution in [0, 0.1) is 11.8 Å². The zero-order valence-electron chi connectivity index (χ0n) is 29.1. The molecule has 6 N–H and O–H groups in total. The highest BCUT2D eigenvalue weighted by atomic mass is 16.6. The van der Waals surface area contributed by atoms with Crippen LogP contribution in [0.1, 0.15) is 59.4 Å². The Morgan fingerprint density at radius 1 is 1.12 bits per heavy atom. The maximum atomic E-state index is 13.1. The molecule has 1 heterocycles. The lowest BCUT2D eigenvalue weighted by molar-refractivity contribution is -0.143. The van der Waals surface area contributed by atoms with E-state index in [1.54, 1.807) is 26.0 Å². The lowest BCUT2D eigenvalue weighted by atomic mass is 9.87. The second-order valence-corrected chi connectivity index (χ2v) is 12.1. The third-order valence-corrected chi connectivity index (χ3v) is 8.02. The van der Waals surface area contributed by atoms with E-state index in [-0.39, 0.29) is 71.6 Å². The first-order chi connectivity index (χ1) is 23.1. The van der Waals surface area contributed by atoms with E-state index < -0.39 is 48.3 Å². The van der Waals surface area contributed by atoms with Crippen molar-refractivity contribution >= 4 is 41.3 Å². The Morgan fingerprint density at radius 2 is 1.82 bits per heavy atom. The zero-order chi connectivity index (χ0) is 36.8. The number of anilines is 1. The van der Waals surface area contributed by atoms with Gasteiger partial charge in [0.1, 0.15) is 35.7 Å². The van der Waals surface area contributed by atoms with Crippen LogP contribution in [0.3, 0.4) is 0 Å². The third kappa shape index (κ3) is 12.5. The maximum absolute atomic E-state index is 13.1. The lowest BCUT2D eigenvalue weighted by Crippen LogP contribution is -2.37. The van der Waals surface area contributed by atoms with Gasteiger partial charge in [-0.3, -0.25) is 14.6 Å². The van der Waals surface area contributed by atoms with E-state index in [1.165, 1.54) is 46.4 Å². The highest BCUT2D eigenvalue weighted by Gasteiger charge is 2.30. The first-order valence-electron chi connectivity index (χ1n) is 15.9. The van der Waals surface area contributed by atoms with Crippen LogP contribution in [-0.2, 0) is 39.8 Å². The fourth-order valence-corrected chi connectivity index (χ4v) is 5.35. The predicted molar refractivity (Wildman–Crippen MR) is 183 cm³/mol. The Bertz CT molecular complexity index is 1470. The fraction of sp³-hybridized carbons (Fsp3) is 0.514. The highest BCUT2D eigenvalue weighted by molar-refractivity contribution is 6.05. The minimum Gasteiger partial charge on any atom is -0.506 e. The molecule has 0 spiro atoms. The van der Waals surface area contributed by atoms with Crippen LogP contribution in [-0.4, -0.2) is 90.5 Å². The number of ketones is 1. The van der Waals surface area contributed by atoms with Gasteiger partial charge in [-0.25, -0.2) is 4.79 Å². The number of nitrogens with zero attached hydrogens (tertiary/aromatic N) is 1.